The molecule has 20 heavy (non-hydrogen) atoms. The molecule has 114 valence electrons. The van der Waals surface area contributed by atoms with Crippen LogP contribution in [0.3, 0.4) is 0 Å². The molecule has 0 bridgehead atoms. The average Bonchev–Trinajstić information content (AvgIpc) is 2.42. The first-order chi connectivity index (χ1) is 9.50. The lowest BCUT2D eigenvalue weighted by atomic mass is 9.75. The van der Waals surface area contributed by atoms with E-state index in [2.05, 4.69) is 43.9 Å². The van der Waals surface area contributed by atoms with Crippen molar-refractivity contribution in [1.29, 1.82) is 0 Å². The summed E-state index contributed by atoms with van der Waals surface area (Å²) in [5.74, 6) is 2.34. The van der Waals surface area contributed by atoms with Crippen molar-refractivity contribution >= 4 is 11.6 Å². The highest BCUT2D eigenvalue weighted by Gasteiger charge is 2.26. The van der Waals surface area contributed by atoms with Crippen LogP contribution in [0.2, 0.25) is 0 Å². The summed E-state index contributed by atoms with van der Waals surface area (Å²) in [4.78, 5) is 2.67. The molecule has 2 aliphatic rings. The van der Waals surface area contributed by atoms with E-state index in [1.54, 1.807) is 0 Å². The highest BCUT2D eigenvalue weighted by Crippen LogP contribution is 2.36. The van der Waals surface area contributed by atoms with Crippen molar-refractivity contribution in [3.63, 3.8) is 0 Å². The molecule has 0 aromatic heterocycles. The SMILES string of the molecule is CC1CCN(CC(C)CC2(C)C=CC(CCl)=CC2)CC1. The number of halogens is 1. The number of alkyl halides is 1. The van der Waals surface area contributed by atoms with Gasteiger partial charge in [-0.1, -0.05) is 39.0 Å². The molecule has 1 heterocycles. The molecule has 2 heteroatoms. The summed E-state index contributed by atoms with van der Waals surface area (Å²) in [6.07, 6.45) is 12.1. The Morgan fingerprint density at radius 2 is 2.10 bits per heavy atom. The quantitative estimate of drug-likeness (QED) is 0.654. The zero-order valence-corrected chi connectivity index (χ0v) is 14.1. The van der Waals surface area contributed by atoms with Crippen molar-refractivity contribution in [1.82, 2.24) is 4.90 Å². The van der Waals surface area contributed by atoms with Gasteiger partial charge in [0, 0.05) is 12.4 Å². The summed E-state index contributed by atoms with van der Waals surface area (Å²) in [7, 11) is 0. The molecule has 1 aliphatic carbocycles. The van der Waals surface area contributed by atoms with Crippen molar-refractivity contribution in [2.24, 2.45) is 17.3 Å². The van der Waals surface area contributed by atoms with Crippen LogP contribution in [-0.4, -0.2) is 30.4 Å². The zero-order chi connectivity index (χ0) is 14.6. The summed E-state index contributed by atoms with van der Waals surface area (Å²) in [6.45, 7) is 11.1. The maximum absolute atomic E-state index is 5.89. The molecular formula is C18H30ClN. The predicted octanol–water partition coefficient (Wildman–Crippen LogP) is 4.88. The molecule has 0 spiro atoms. The molecule has 0 N–H and O–H groups in total. The second-order valence-corrected chi connectivity index (χ2v) is 7.66. The van der Waals surface area contributed by atoms with Crippen molar-refractivity contribution in [2.45, 2.75) is 46.5 Å². The second kappa shape index (κ2) is 7.13. The molecule has 0 amide bonds. The number of rotatable bonds is 5. The molecular weight excluding hydrogens is 266 g/mol. The molecule has 2 unspecified atom stereocenters. The van der Waals surface area contributed by atoms with E-state index in [1.807, 2.05) is 0 Å². The molecule has 1 nitrogen and oxygen atoms in total. The number of nitrogens with zero attached hydrogens (tertiary/aromatic N) is 1. The van der Waals surface area contributed by atoms with Crippen LogP contribution in [0.1, 0.15) is 46.5 Å². The van der Waals surface area contributed by atoms with Gasteiger partial charge in [-0.05, 0) is 61.6 Å². The van der Waals surface area contributed by atoms with Crippen LogP contribution in [0, 0.1) is 17.3 Å². The first-order valence-corrected chi connectivity index (χ1v) is 8.71. The lowest BCUT2D eigenvalue weighted by Gasteiger charge is -2.35. The van der Waals surface area contributed by atoms with E-state index in [9.17, 15) is 0 Å². The Labute approximate surface area is 130 Å². The van der Waals surface area contributed by atoms with Crippen molar-refractivity contribution in [2.75, 3.05) is 25.5 Å². The molecule has 0 aromatic rings. The summed E-state index contributed by atoms with van der Waals surface area (Å²) in [6, 6.07) is 0. The first kappa shape index (κ1) is 16.1. The lowest BCUT2D eigenvalue weighted by molar-refractivity contribution is 0.155. The third-order valence-electron chi connectivity index (χ3n) is 4.95. The van der Waals surface area contributed by atoms with E-state index in [0.717, 1.165) is 18.3 Å². The van der Waals surface area contributed by atoms with Crippen molar-refractivity contribution < 1.29 is 0 Å². The summed E-state index contributed by atoms with van der Waals surface area (Å²) >= 11 is 5.89. The molecule has 2 rings (SSSR count). The molecule has 1 aliphatic heterocycles. The summed E-state index contributed by atoms with van der Waals surface area (Å²) < 4.78 is 0. The van der Waals surface area contributed by atoms with Gasteiger partial charge in [0.2, 0.25) is 0 Å². The van der Waals surface area contributed by atoms with Crippen LogP contribution in [0.25, 0.3) is 0 Å². The van der Waals surface area contributed by atoms with Gasteiger partial charge in [0.1, 0.15) is 0 Å². The van der Waals surface area contributed by atoms with E-state index in [-0.39, 0.29) is 0 Å². The second-order valence-electron chi connectivity index (χ2n) is 7.40. The van der Waals surface area contributed by atoms with Gasteiger partial charge in [0.15, 0.2) is 0 Å². The number of hydrogen-bond donors (Lipinski definition) is 0. The Bertz CT molecular complexity index is 366. The Hall–Kier alpha value is -0.270. The average molecular weight is 296 g/mol. The van der Waals surface area contributed by atoms with Gasteiger partial charge >= 0.3 is 0 Å². The van der Waals surface area contributed by atoms with Gasteiger partial charge in [-0.25, -0.2) is 0 Å². The van der Waals surface area contributed by atoms with Gasteiger partial charge in [-0.2, -0.15) is 0 Å². The number of hydrogen-bond acceptors (Lipinski definition) is 1. The van der Waals surface area contributed by atoms with Crippen molar-refractivity contribution in [3.05, 3.63) is 23.8 Å². The van der Waals surface area contributed by atoms with Crippen LogP contribution >= 0.6 is 11.6 Å². The Balaban J connectivity index is 1.78. The van der Waals surface area contributed by atoms with E-state index < -0.39 is 0 Å². The normalized spacial score (nSPS) is 30.3. The molecule has 1 saturated heterocycles. The van der Waals surface area contributed by atoms with Gasteiger partial charge in [-0.3, -0.25) is 0 Å². The minimum absolute atomic E-state index is 0.331. The number of likely N-dealkylation sites (tertiary alicyclic amines) is 1. The Kier molecular flexibility index (Phi) is 5.74. The van der Waals surface area contributed by atoms with Crippen molar-refractivity contribution in [3.8, 4) is 0 Å². The smallest absolute Gasteiger partial charge is 0.0470 e. The van der Waals surface area contributed by atoms with E-state index in [1.165, 1.54) is 44.5 Å². The summed E-state index contributed by atoms with van der Waals surface area (Å²) in [5.41, 5.74) is 1.61. The van der Waals surface area contributed by atoms with Crippen LogP contribution < -0.4 is 0 Å². The zero-order valence-electron chi connectivity index (χ0n) is 13.4. The monoisotopic (exact) mass is 295 g/mol. The third-order valence-corrected chi connectivity index (χ3v) is 5.25. The van der Waals surface area contributed by atoms with Gasteiger partial charge in [-0.15, -0.1) is 11.6 Å². The fourth-order valence-corrected chi connectivity index (χ4v) is 3.80. The van der Waals surface area contributed by atoms with Crippen LogP contribution in [0.15, 0.2) is 23.8 Å². The number of allylic oxidation sites excluding steroid dienone is 4. The number of piperidine rings is 1. The molecule has 1 fully saturated rings. The Morgan fingerprint density at radius 3 is 2.65 bits per heavy atom. The highest BCUT2D eigenvalue weighted by atomic mass is 35.5. The highest BCUT2D eigenvalue weighted by molar-refractivity contribution is 6.19. The molecule has 0 aromatic carbocycles. The minimum Gasteiger partial charge on any atom is -0.303 e. The predicted molar refractivity (Wildman–Crippen MR) is 89.3 cm³/mol. The van der Waals surface area contributed by atoms with Crippen LogP contribution in [0.5, 0.6) is 0 Å². The van der Waals surface area contributed by atoms with E-state index >= 15 is 0 Å². The maximum atomic E-state index is 5.89. The summed E-state index contributed by atoms with van der Waals surface area (Å²) in [5, 5.41) is 0. The fourth-order valence-electron chi connectivity index (χ4n) is 3.61. The lowest BCUT2D eigenvalue weighted by Crippen LogP contribution is -2.37. The molecule has 0 saturated carbocycles. The van der Waals surface area contributed by atoms with Crippen LogP contribution in [-0.2, 0) is 0 Å². The standard InChI is InChI=1S/C18H30ClN/c1-15-6-10-20(11-7-15)14-16(2)12-18(3)8-4-17(13-19)5-9-18/h4-5,8,15-16H,6-7,9-14H2,1-3H3. The van der Waals surface area contributed by atoms with Gasteiger partial charge in [0.05, 0.1) is 0 Å². The largest absolute Gasteiger partial charge is 0.303 e. The van der Waals surface area contributed by atoms with Gasteiger partial charge < -0.3 is 4.90 Å². The topological polar surface area (TPSA) is 3.24 Å². The van der Waals surface area contributed by atoms with Crippen LogP contribution in [0.4, 0.5) is 0 Å². The minimum atomic E-state index is 0.331. The van der Waals surface area contributed by atoms with Gasteiger partial charge in [0.25, 0.3) is 0 Å². The Morgan fingerprint density at radius 1 is 1.40 bits per heavy atom. The third kappa shape index (κ3) is 4.63. The molecule has 2 atom stereocenters. The van der Waals surface area contributed by atoms with E-state index in [4.69, 9.17) is 11.6 Å². The maximum Gasteiger partial charge on any atom is 0.0470 e. The van der Waals surface area contributed by atoms with E-state index in [0.29, 0.717) is 11.3 Å². The first-order valence-electron chi connectivity index (χ1n) is 8.17. The molecule has 0 radical (unpaired) electrons. The fraction of sp³-hybridized carbons (Fsp3) is 0.778.